The number of likely N-dealkylation sites (N-methyl/N-ethyl adjacent to an activating group) is 1. The van der Waals surface area contributed by atoms with E-state index >= 15 is 0 Å². The molecule has 0 unspecified atom stereocenters. The molecule has 0 aliphatic heterocycles. The molecule has 0 bridgehead atoms. The Labute approximate surface area is 502 Å². The molecule has 0 fully saturated rings. The first-order chi connectivity index (χ1) is 39.4. The third-order valence-corrected chi connectivity index (χ3v) is 12.6. The lowest BCUT2D eigenvalue weighted by molar-refractivity contribution is -0.135. The first kappa shape index (κ1) is 76.7. The molecule has 0 aliphatic carbocycles. The van der Waals surface area contributed by atoms with Crippen LogP contribution in [0.25, 0.3) is 0 Å². The predicted octanol–water partition coefficient (Wildman–Crippen LogP) is -9.13. The number of carbonyl (C=O) groups excluding carboxylic acids is 17. The summed E-state index contributed by atoms with van der Waals surface area (Å²) in [5.74, 6) is -13.6. The molecule has 0 spiro atoms. The van der Waals surface area contributed by atoms with Crippen LogP contribution in [-0.4, -0.2) is 217 Å². The van der Waals surface area contributed by atoms with Crippen LogP contribution in [0.1, 0.15) is 90.0 Å². The van der Waals surface area contributed by atoms with Crippen molar-refractivity contribution < 1.29 is 81.5 Å². The highest BCUT2D eigenvalue weighted by Crippen LogP contribution is 1.99. The van der Waals surface area contributed by atoms with Gasteiger partial charge >= 0.3 is 0 Å². The second-order valence-corrected chi connectivity index (χ2v) is 20.3. The molecular weight excluding hydrogens is 1160 g/mol. The Morgan fingerprint density at radius 1 is 0.259 bits per heavy atom. The minimum Gasteiger partial charge on any atom is -0.357 e. The third-order valence-electron chi connectivity index (χ3n) is 11.9. The van der Waals surface area contributed by atoms with Gasteiger partial charge in [0.1, 0.15) is 84.6 Å². The summed E-state index contributed by atoms with van der Waals surface area (Å²) < 4.78 is 0. The number of amides is 17. The fraction of sp³-hybridized carbons (Fsp3) is 0.653. The molecule has 478 valence electrons. The number of hydrogen-bond acceptors (Lipinski definition) is 19. The summed E-state index contributed by atoms with van der Waals surface area (Å²) in [6.45, 7) is 15.8. The predicted molar refractivity (Wildman–Crippen MR) is 309 cm³/mol. The lowest BCUT2D eigenvalue weighted by atomic mass is 10.2. The van der Waals surface area contributed by atoms with Crippen molar-refractivity contribution in [1.29, 1.82) is 0 Å². The molecule has 0 saturated heterocycles. The van der Waals surface area contributed by atoms with Gasteiger partial charge in [-0.1, -0.05) is 0 Å². The summed E-state index contributed by atoms with van der Waals surface area (Å²) in [7, 11) is 1.39. The highest BCUT2D eigenvalue weighted by Gasteiger charge is 2.31. The molecule has 14 atom stereocenters. The van der Waals surface area contributed by atoms with Crippen molar-refractivity contribution >= 4 is 126 Å². The first-order valence-electron chi connectivity index (χ1n) is 26.6. The van der Waals surface area contributed by atoms with Crippen molar-refractivity contribution in [3.8, 4) is 0 Å². The highest BCUT2D eigenvalue weighted by atomic mass is 32.1. The van der Waals surface area contributed by atoms with Crippen molar-refractivity contribution in [3.63, 3.8) is 0 Å². The summed E-state index contributed by atoms with van der Waals surface area (Å²) in [6, 6.07) is -16.5. The van der Waals surface area contributed by atoms with Gasteiger partial charge in [0.15, 0.2) is 0 Å². The molecule has 0 saturated carbocycles. The second-order valence-electron chi connectivity index (χ2n) is 19.6. The van der Waals surface area contributed by atoms with Crippen molar-refractivity contribution in [2.24, 2.45) is 0 Å². The molecule has 0 aliphatic rings. The maximum atomic E-state index is 13.0. The second kappa shape index (κ2) is 37.8. The Balaban J connectivity index is 4.97. The van der Waals surface area contributed by atoms with Crippen molar-refractivity contribution in [3.05, 3.63) is 0 Å². The molecule has 36 heteroatoms. The van der Waals surface area contributed by atoms with Crippen LogP contribution in [0.4, 0.5) is 0 Å². The zero-order valence-electron chi connectivity index (χ0n) is 49.7. The minimum absolute atomic E-state index is 0.280. The van der Waals surface area contributed by atoms with Crippen LogP contribution in [0.2, 0.25) is 0 Å². The Hall–Kier alpha value is -8.31. The van der Waals surface area contributed by atoms with Crippen molar-refractivity contribution in [2.75, 3.05) is 31.6 Å². The van der Waals surface area contributed by atoms with E-state index < -0.39 is 198 Å². The number of rotatable bonds is 34. The Bertz CT molecular complexity index is 2490. The van der Waals surface area contributed by atoms with Crippen LogP contribution in [-0.2, 0) is 81.5 Å². The van der Waals surface area contributed by atoms with Gasteiger partial charge in [-0.3, -0.25) is 81.5 Å². The fourth-order valence-corrected chi connectivity index (χ4v) is 6.98. The van der Waals surface area contributed by atoms with Gasteiger partial charge in [0, 0.05) is 25.5 Å². The number of nitrogens with one attached hydrogen (secondary N) is 17. The normalized spacial score (nSPS) is 15.6. The van der Waals surface area contributed by atoms with E-state index in [2.05, 4.69) is 116 Å². The van der Waals surface area contributed by atoms with Gasteiger partial charge in [0.25, 0.3) is 0 Å². The SMILES string of the molecule is CNC(=O)[C@H](C)NC(=O)[C@H](C)NC(=O)[C@H](C)NC(=O)[C@H](C)NC(=O)[C@H](C)NC(=O)[C@H](C)NC(=O)[C@H](CS)NC(=O)CNC(=O)CNC(=O)[C@H](CS)NC(=O)[C@H](C)NC(=O)[C@H](C)NC(=O)[C@H](C)NC(=O)[C@H](C)NC(=O)[C@H](C)NC(=O)[C@H](C)NC(C)=O. The van der Waals surface area contributed by atoms with Gasteiger partial charge in [-0.15, -0.1) is 0 Å². The Morgan fingerprint density at radius 3 is 0.718 bits per heavy atom. The summed E-state index contributed by atoms with van der Waals surface area (Å²) in [5, 5.41) is 40.1. The van der Waals surface area contributed by atoms with E-state index in [0.29, 0.717) is 0 Å². The molecule has 0 aromatic carbocycles. The molecule has 0 heterocycles. The van der Waals surface area contributed by atoms with E-state index in [4.69, 9.17) is 0 Å². The van der Waals surface area contributed by atoms with Gasteiger partial charge in [-0.05, 0) is 83.1 Å². The molecule has 0 rings (SSSR count). The fourth-order valence-electron chi connectivity index (χ4n) is 6.47. The molecule has 17 N–H and O–H groups in total. The van der Waals surface area contributed by atoms with Crippen LogP contribution in [0.15, 0.2) is 0 Å². The smallest absolute Gasteiger partial charge is 0.244 e. The van der Waals surface area contributed by atoms with Gasteiger partial charge < -0.3 is 90.4 Å². The minimum atomic E-state index is -1.34. The van der Waals surface area contributed by atoms with Gasteiger partial charge in [0.2, 0.25) is 100 Å². The van der Waals surface area contributed by atoms with E-state index in [-0.39, 0.29) is 11.5 Å². The third kappa shape index (κ3) is 28.7. The van der Waals surface area contributed by atoms with Crippen LogP contribution in [0, 0.1) is 0 Å². The number of carbonyl (C=O) groups is 17. The molecule has 85 heavy (non-hydrogen) atoms. The van der Waals surface area contributed by atoms with E-state index in [1.807, 2.05) is 0 Å². The average Bonchev–Trinajstić information content (AvgIpc) is 3.52. The zero-order valence-corrected chi connectivity index (χ0v) is 51.5. The highest BCUT2D eigenvalue weighted by molar-refractivity contribution is 7.80. The van der Waals surface area contributed by atoms with E-state index in [9.17, 15) is 81.5 Å². The van der Waals surface area contributed by atoms with Gasteiger partial charge in [-0.25, -0.2) is 0 Å². The van der Waals surface area contributed by atoms with E-state index in [1.165, 1.54) is 97.1 Å². The average molecular weight is 1250 g/mol. The topological polar surface area (TPSA) is 495 Å². The standard InChI is InChI=1S/C49H83N17O17S2/c1-19(36(70)50-14)54-38(72)21(3)56-40(74)23(5)58-42(76)25(7)60-44(78)27(9)62-46(80)29(11)64-49(83)33(18-85)65-35(69)16-51-34(68)15-52-48(82)32(17-84)66-47(81)30(12)63-45(79)28(10)61-43(77)26(8)59-41(75)24(6)57-39(73)22(4)55-37(71)20(2)53-31(13)67/h19-30,32-33,84-85H,15-18H2,1-14H3,(H,50,70)(H,51,68)(H,52,82)(H,53,67)(H,54,72)(H,55,71)(H,56,74)(H,57,73)(H,58,76)(H,59,75)(H,60,78)(H,61,77)(H,62,80)(H,63,79)(H,64,83)(H,65,69)(H,66,81)/t19-,20-,21-,22-,23-,24-,25-,26-,27-,28-,29-,30-,32-,33-/m0/s1. The first-order valence-corrected chi connectivity index (χ1v) is 27.9. The van der Waals surface area contributed by atoms with Crippen LogP contribution < -0.4 is 90.4 Å². The maximum Gasteiger partial charge on any atom is 0.244 e. The zero-order chi connectivity index (χ0) is 65.7. The molecule has 0 radical (unpaired) electrons. The van der Waals surface area contributed by atoms with Gasteiger partial charge in [0.05, 0.1) is 13.1 Å². The van der Waals surface area contributed by atoms with Gasteiger partial charge in [-0.2, -0.15) is 25.3 Å². The van der Waals surface area contributed by atoms with Crippen molar-refractivity contribution in [1.82, 2.24) is 90.4 Å². The summed E-state index contributed by atoms with van der Waals surface area (Å²) in [6.07, 6.45) is 0. The number of thiol groups is 2. The largest absolute Gasteiger partial charge is 0.357 e. The summed E-state index contributed by atoms with van der Waals surface area (Å²) in [5.41, 5.74) is 0. The Morgan fingerprint density at radius 2 is 0.471 bits per heavy atom. The maximum absolute atomic E-state index is 13.0. The molecule has 0 aromatic heterocycles. The summed E-state index contributed by atoms with van der Waals surface area (Å²) in [4.78, 5) is 214. The van der Waals surface area contributed by atoms with E-state index in [0.717, 1.165) is 0 Å². The molecular formula is C49H83N17O17S2. The molecule has 34 nitrogen and oxygen atoms in total. The molecule has 0 aromatic rings. The lowest BCUT2D eigenvalue weighted by Gasteiger charge is -2.23. The van der Waals surface area contributed by atoms with Crippen molar-refractivity contribution in [2.45, 2.75) is 175 Å². The lowest BCUT2D eigenvalue weighted by Crippen LogP contribution is -2.58. The van der Waals surface area contributed by atoms with Crippen LogP contribution in [0.5, 0.6) is 0 Å². The molecule has 17 amide bonds. The van der Waals surface area contributed by atoms with Crippen LogP contribution in [0.3, 0.4) is 0 Å². The Kier molecular flexibility index (Phi) is 34.1. The number of hydrogen-bond donors (Lipinski definition) is 19. The summed E-state index contributed by atoms with van der Waals surface area (Å²) >= 11 is 8.13. The quantitative estimate of drug-likeness (QED) is 0.0266. The monoisotopic (exact) mass is 1250 g/mol. The van der Waals surface area contributed by atoms with Crippen LogP contribution >= 0.6 is 25.3 Å². The van der Waals surface area contributed by atoms with E-state index in [1.54, 1.807) is 0 Å².